The summed E-state index contributed by atoms with van der Waals surface area (Å²) in [6.45, 7) is 10.4. The summed E-state index contributed by atoms with van der Waals surface area (Å²) in [6.07, 6.45) is 9.43. The molecule has 2 rings (SSSR count). The molecule has 0 aliphatic heterocycles. The van der Waals surface area contributed by atoms with Crippen LogP contribution in [0.3, 0.4) is 0 Å². The lowest BCUT2D eigenvalue weighted by molar-refractivity contribution is 0.298. The van der Waals surface area contributed by atoms with Gasteiger partial charge in [0.2, 0.25) is 0 Å². The first-order valence-electron chi connectivity index (χ1n) is 11.0. The number of rotatable bonds is 9. The van der Waals surface area contributed by atoms with Gasteiger partial charge in [-0.3, -0.25) is 0 Å². The summed E-state index contributed by atoms with van der Waals surface area (Å²) in [5.74, 6) is 0.837. The molecule has 166 valence electrons. The van der Waals surface area contributed by atoms with E-state index < -0.39 is 6.67 Å². The molecule has 0 amide bonds. The summed E-state index contributed by atoms with van der Waals surface area (Å²) in [5.41, 5.74) is 2.20. The van der Waals surface area contributed by atoms with E-state index in [-0.39, 0.29) is 30.3 Å². The normalized spacial score (nSPS) is 19.8. The van der Waals surface area contributed by atoms with Crippen LogP contribution in [0.15, 0.2) is 23.8 Å². The minimum atomic E-state index is -0.453. The molecule has 0 aromatic heterocycles. The number of benzene rings is 1. The minimum Gasteiger partial charge on any atom is -0.507 e. The Morgan fingerprint density at radius 1 is 1.10 bits per heavy atom. The third kappa shape index (κ3) is 6.23. The Labute approximate surface area is 178 Å². The van der Waals surface area contributed by atoms with Crippen molar-refractivity contribution >= 4 is 0 Å². The molecule has 0 heterocycles. The second kappa shape index (κ2) is 11.0. The monoisotopic (exact) mass is 406 g/mol. The molecule has 1 aromatic rings. The number of aromatic hydroxyl groups is 2. The van der Waals surface area contributed by atoms with Gasteiger partial charge in [-0.25, -0.2) is 4.39 Å². The van der Waals surface area contributed by atoms with Crippen LogP contribution in [-0.4, -0.2) is 16.9 Å². The van der Waals surface area contributed by atoms with Gasteiger partial charge >= 0.3 is 0 Å². The lowest BCUT2D eigenvalue weighted by Crippen LogP contribution is -2.22. The average molecular weight is 407 g/mol. The molecule has 1 unspecified atom stereocenters. The van der Waals surface area contributed by atoms with E-state index in [0.717, 1.165) is 36.8 Å². The first-order chi connectivity index (χ1) is 13.2. The molecule has 2 nitrogen and oxygen atoms in total. The summed E-state index contributed by atoms with van der Waals surface area (Å²) in [4.78, 5) is 0. The van der Waals surface area contributed by atoms with E-state index in [2.05, 4.69) is 34.6 Å². The van der Waals surface area contributed by atoms with E-state index in [4.69, 9.17) is 0 Å². The largest absolute Gasteiger partial charge is 0.507 e. The zero-order valence-corrected chi connectivity index (χ0v) is 18.4. The Bertz CT molecular complexity index is 652. The van der Waals surface area contributed by atoms with E-state index in [9.17, 15) is 14.6 Å². The topological polar surface area (TPSA) is 40.5 Å². The first-order valence-corrected chi connectivity index (χ1v) is 11.0. The van der Waals surface area contributed by atoms with E-state index in [1.54, 1.807) is 0 Å². The van der Waals surface area contributed by atoms with Gasteiger partial charge in [0.25, 0.3) is 0 Å². The molecule has 1 aliphatic carbocycles. The van der Waals surface area contributed by atoms with E-state index in [1.807, 2.05) is 18.2 Å². The fourth-order valence-electron chi connectivity index (χ4n) is 4.64. The molecule has 3 heteroatoms. The summed E-state index contributed by atoms with van der Waals surface area (Å²) in [7, 11) is 0. The molecule has 0 bridgehead atoms. The highest BCUT2D eigenvalue weighted by atomic mass is 19.1. The SMILES string of the molecule is C.CCCCCCC(C)(C)c1cc(O)c(C2C=C(CF)CC[C@H]2C(C)C)c(O)c1. The first kappa shape index (κ1) is 25.5. The second-order valence-electron chi connectivity index (χ2n) is 9.55. The van der Waals surface area contributed by atoms with Crippen LogP contribution < -0.4 is 0 Å². The van der Waals surface area contributed by atoms with Gasteiger partial charge in [-0.15, -0.1) is 0 Å². The lowest BCUT2D eigenvalue weighted by atomic mass is 9.71. The van der Waals surface area contributed by atoms with Gasteiger partial charge in [0, 0.05) is 11.5 Å². The Morgan fingerprint density at radius 2 is 1.72 bits per heavy atom. The van der Waals surface area contributed by atoms with Gasteiger partial charge in [0.05, 0.1) is 0 Å². The molecule has 0 saturated carbocycles. The summed E-state index contributed by atoms with van der Waals surface area (Å²) >= 11 is 0. The van der Waals surface area contributed by atoms with Crippen molar-refractivity contribution in [2.45, 2.75) is 98.3 Å². The zero-order valence-electron chi connectivity index (χ0n) is 18.4. The Morgan fingerprint density at radius 3 is 2.24 bits per heavy atom. The quantitative estimate of drug-likeness (QED) is 0.322. The summed E-state index contributed by atoms with van der Waals surface area (Å²) < 4.78 is 13.3. The van der Waals surface area contributed by atoms with Crippen LogP contribution in [0.4, 0.5) is 4.39 Å². The van der Waals surface area contributed by atoms with Crippen LogP contribution >= 0.6 is 0 Å². The molecule has 0 fully saturated rings. The van der Waals surface area contributed by atoms with Crippen molar-refractivity contribution in [2.24, 2.45) is 11.8 Å². The van der Waals surface area contributed by atoms with Crippen LogP contribution in [0.2, 0.25) is 0 Å². The Kier molecular flexibility index (Phi) is 9.71. The Balaban J connectivity index is 0.00000420. The number of phenolic OH excluding ortho intramolecular Hbond substituents is 2. The number of halogens is 1. The maximum absolute atomic E-state index is 13.3. The van der Waals surface area contributed by atoms with Crippen molar-refractivity contribution in [2.75, 3.05) is 6.67 Å². The standard InChI is InChI=1S/C25H39FO2.CH4/c1-6-7-8-9-12-25(4,5)19-14-22(27)24(23(28)15-19)21-13-18(16-26)10-11-20(21)17(2)3;/h13-15,17,20-21,27-28H,6-12,16H2,1-5H3;1H4/t20-,21?;/m0./s1. The van der Waals surface area contributed by atoms with Crippen molar-refractivity contribution in [3.8, 4) is 11.5 Å². The van der Waals surface area contributed by atoms with Crippen LogP contribution in [0.5, 0.6) is 11.5 Å². The fraction of sp³-hybridized carbons (Fsp3) is 0.692. The van der Waals surface area contributed by atoms with Gasteiger partial charge in [-0.05, 0) is 59.8 Å². The van der Waals surface area contributed by atoms with Crippen LogP contribution in [0.1, 0.15) is 104 Å². The molecular weight excluding hydrogens is 363 g/mol. The highest BCUT2D eigenvalue weighted by Crippen LogP contribution is 2.48. The molecular formula is C26H43FO2. The van der Waals surface area contributed by atoms with Gasteiger partial charge in [-0.2, -0.15) is 0 Å². The number of alkyl halides is 1. The van der Waals surface area contributed by atoms with Gasteiger partial charge in [0.15, 0.2) is 0 Å². The summed E-state index contributed by atoms with van der Waals surface area (Å²) in [5, 5.41) is 21.7. The van der Waals surface area contributed by atoms with Crippen molar-refractivity contribution in [3.63, 3.8) is 0 Å². The second-order valence-corrected chi connectivity index (χ2v) is 9.55. The third-order valence-corrected chi connectivity index (χ3v) is 6.61. The lowest BCUT2D eigenvalue weighted by Gasteiger charge is -2.34. The van der Waals surface area contributed by atoms with Crippen molar-refractivity contribution in [3.05, 3.63) is 34.9 Å². The molecule has 0 spiro atoms. The number of hydrogen-bond acceptors (Lipinski definition) is 2. The van der Waals surface area contributed by atoms with E-state index in [1.165, 1.54) is 19.3 Å². The van der Waals surface area contributed by atoms with Crippen molar-refractivity contribution in [1.82, 2.24) is 0 Å². The number of unbranched alkanes of at least 4 members (excludes halogenated alkanes) is 3. The average Bonchev–Trinajstić information content (AvgIpc) is 2.64. The molecule has 2 atom stereocenters. The predicted molar refractivity (Wildman–Crippen MR) is 123 cm³/mol. The highest BCUT2D eigenvalue weighted by Gasteiger charge is 2.33. The fourth-order valence-corrected chi connectivity index (χ4v) is 4.64. The minimum absolute atomic E-state index is 0. The number of phenols is 2. The number of hydrogen-bond donors (Lipinski definition) is 2. The Hall–Kier alpha value is -1.51. The predicted octanol–water partition coefficient (Wildman–Crippen LogP) is 8.03. The molecule has 29 heavy (non-hydrogen) atoms. The van der Waals surface area contributed by atoms with Gasteiger partial charge in [0.1, 0.15) is 18.2 Å². The van der Waals surface area contributed by atoms with Crippen molar-refractivity contribution in [1.29, 1.82) is 0 Å². The highest BCUT2D eigenvalue weighted by molar-refractivity contribution is 5.52. The number of allylic oxidation sites excluding steroid dienone is 2. The molecule has 0 radical (unpaired) electrons. The van der Waals surface area contributed by atoms with Crippen LogP contribution in [0.25, 0.3) is 0 Å². The molecule has 2 N–H and O–H groups in total. The van der Waals surface area contributed by atoms with Gasteiger partial charge < -0.3 is 10.2 Å². The molecule has 1 aliphatic rings. The molecule has 0 saturated heterocycles. The van der Waals surface area contributed by atoms with Gasteiger partial charge in [-0.1, -0.05) is 73.8 Å². The smallest absolute Gasteiger partial charge is 0.123 e. The summed E-state index contributed by atoms with van der Waals surface area (Å²) in [6, 6.07) is 3.65. The zero-order chi connectivity index (χ0) is 20.9. The van der Waals surface area contributed by atoms with Crippen LogP contribution in [0, 0.1) is 11.8 Å². The maximum Gasteiger partial charge on any atom is 0.123 e. The van der Waals surface area contributed by atoms with Crippen LogP contribution in [-0.2, 0) is 5.41 Å². The van der Waals surface area contributed by atoms with E-state index >= 15 is 0 Å². The third-order valence-electron chi connectivity index (χ3n) is 6.61. The maximum atomic E-state index is 13.3. The molecule has 1 aromatic carbocycles. The van der Waals surface area contributed by atoms with Crippen molar-refractivity contribution < 1.29 is 14.6 Å². The van der Waals surface area contributed by atoms with E-state index in [0.29, 0.717) is 17.4 Å².